The average molecular weight is 277 g/mol. The Labute approximate surface area is 119 Å². The molecular formula is C14H23N5O. The van der Waals surface area contributed by atoms with E-state index in [1.807, 2.05) is 12.1 Å². The van der Waals surface area contributed by atoms with Crippen LogP contribution in [0.3, 0.4) is 0 Å². The van der Waals surface area contributed by atoms with E-state index in [1.54, 1.807) is 6.20 Å². The van der Waals surface area contributed by atoms with Gasteiger partial charge in [-0.25, -0.2) is 0 Å². The molecule has 0 aromatic carbocycles. The Morgan fingerprint density at radius 1 is 1.55 bits per heavy atom. The Balaban J connectivity index is 1.79. The van der Waals surface area contributed by atoms with Gasteiger partial charge in [0.1, 0.15) is 5.69 Å². The van der Waals surface area contributed by atoms with Crippen molar-refractivity contribution in [3.63, 3.8) is 0 Å². The Hall–Kier alpha value is -1.66. The first-order chi connectivity index (χ1) is 9.69. The number of oxime groups is 1. The minimum atomic E-state index is 0.0437. The smallest absolute Gasteiger partial charge is 0.188 e. The van der Waals surface area contributed by atoms with Gasteiger partial charge in [0, 0.05) is 12.7 Å². The molecule has 0 bridgehead atoms. The molecule has 0 unspecified atom stereocenters. The van der Waals surface area contributed by atoms with Crippen molar-refractivity contribution in [2.45, 2.75) is 19.4 Å². The molecule has 2 heterocycles. The van der Waals surface area contributed by atoms with Crippen molar-refractivity contribution in [3.8, 4) is 0 Å². The molecule has 2 rings (SSSR count). The van der Waals surface area contributed by atoms with E-state index in [9.17, 15) is 0 Å². The zero-order chi connectivity index (χ0) is 14.4. The Bertz CT molecular complexity index is 455. The molecule has 1 aromatic heterocycles. The third kappa shape index (κ3) is 4.18. The van der Waals surface area contributed by atoms with Crippen LogP contribution in [-0.4, -0.2) is 47.6 Å². The number of nitrogens with two attached hydrogens (primary N) is 1. The van der Waals surface area contributed by atoms with E-state index in [0.29, 0.717) is 5.69 Å². The largest absolute Gasteiger partial charge is 0.409 e. The summed E-state index contributed by atoms with van der Waals surface area (Å²) in [5.41, 5.74) is 7.13. The number of hydrogen-bond donors (Lipinski definition) is 3. The average Bonchev–Trinajstić information content (AvgIpc) is 2.49. The third-order valence-corrected chi connectivity index (χ3v) is 3.79. The molecule has 110 valence electrons. The summed E-state index contributed by atoms with van der Waals surface area (Å²) in [6, 6.07) is 3.78. The van der Waals surface area contributed by atoms with Crippen LogP contribution in [0.4, 0.5) is 0 Å². The highest BCUT2D eigenvalue weighted by Gasteiger charge is 2.15. The lowest BCUT2D eigenvalue weighted by Crippen LogP contribution is -2.34. The monoisotopic (exact) mass is 277 g/mol. The molecule has 0 atom stereocenters. The molecule has 1 fully saturated rings. The van der Waals surface area contributed by atoms with E-state index >= 15 is 0 Å². The van der Waals surface area contributed by atoms with Gasteiger partial charge in [-0.15, -0.1) is 0 Å². The van der Waals surface area contributed by atoms with Crippen LogP contribution in [0.25, 0.3) is 0 Å². The molecule has 0 radical (unpaired) electrons. The Kier molecular flexibility index (Phi) is 5.31. The topological polar surface area (TPSA) is 86.8 Å². The Morgan fingerprint density at radius 2 is 2.30 bits per heavy atom. The highest BCUT2D eigenvalue weighted by atomic mass is 16.4. The van der Waals surface area contributed by atoms with E-state index in [-0.39, 0.29) is 5.84 Å². The second kappa shape index (κ2) is 7.21. The molecule has 1 aromatic rings. The fraction of sp³-hybridized carbons (Fsp3) is 0.571. The zero-order valence-corrected chi connectivity index (χ0v) is 11.9. The van der Waals surface area contributed by atoms with Gasteiger partial charge < -0.3 is 21.2 Å². The minimum absolute atomic E-state index is 0.0437. The maximum atomic E-state index is 8.65. The number of aromatic nitrogens is 1. The number of nitrogens with one attached hydrogen (secondary N) is 1. The first kappa shape index (κ1) is 14.7. The molecule has 0 amide bonds. The molecule has 1 aliphatic rings. The second-order valence-electron chi connectivity index (χ2n) is 5.41. The van der Waals surface area contributed by atoms with Crippen molar-refractivity contribution in [2.75, 3.05) is 26.7 Å². The quantitative estimate of drug-likeness (QED) is 0.318. The first-order valence-electron chi connectivity index (χ1n) is 7.01. The van der Waals surface area contributed by atoms with E-state index in [2.05, 4.69) is 27.4 Å². The highest BCUT2D eigenvalue weighted by Crippen LogP contribution is 2.14. The maximum Gasteiger partial charge on any atom is 0.188 e. The van der Waals surface area contributed by atoms with Crippen LogP contribution < -0.4 is 11.1 Å². The van der Waals surface area contributed by atoms with Crippen molar-refractivity contribution in [1.82, 2.24) is 15.2 Å². The van der Waals surface area contributed by atoms with Gasteiger partial charge in [0.15, 0.2) is 5.84 Å². The molecule has 1 saturated heterocycles. The molecular weight excluding hydrogens is 254 g/mol. The van der Waals surface area contributed by atoms with Gasteiger partial charge in [-0.1, -0.05) is 5.16 Å². The van der Waals surface area contributed by atoms with Crippen LogP contribution in [0.1, 0.15) is 24.1 Å². The van der Waals surface area contributed by atoms with E-state index in [0.717, 1.165) is 24.6 Å². The number of pyridine rings is 1. The van der Waals surface area contributed by atoms with Gasteiger partial charge in [0.2, 0.25) is 0 Å². The third-order valence-electron chi connectivity index (χ3n) is 3.79. The van der Waals surface area contributed by atoms with Crippen LogP contribution in [0, 0.1) is 5.92 Å². The van der Waals surface area contributed by atoms with Gasteiger partial charge in [-0.3, -0.25) is 4.98 Å². The lowest BCUT2D eigenvalue weighted by atomic mass is 9.97. The fourth-order valence-electron chi connectivity index (χ4n) is 2.46. The lowest BCUT2D eigenvalue weighted by molar-refractivity contribution is 0.216. The highest BCUT2D eigenvalue weighted by molar-refractivity contribution is 5.95. The molecule has 0 aliphatic carbocycles. The number of nitrogens with zero attached hydrogens (tertiary/aromatic N) is 3. The maximum absolute atomic E-state index is 8.65. The summed E-state index contributed by atoms with van der Waals surface area (Å²) in [6.45, 7) is 4.19. The predicted octanol–water partition coefficient (Wildman–Crippen LogP) is 0.608. The second-order valence-corrected chi connectivity index (χ2v) is 5.41. The molecule has 4 N–H and O–H groups in total. The number of rotatable bonds is 5. The lowest BCUT2D eigenvalue weighted by Gasteiger charge is -2.29. The normalized spacial score (nSPS) is 18.4. The van der Waals surface area contributed by atoms with Gasteiger partial charge in [0.25, 0.3) is 0 Å². The summed E-state index contributed by atoms with van der Waals surface area (Å²) in [5, 5.41) is 15.1. The van der Waals surface area contributed by atoms with Crippen LogP contribution in [-0.2, 0) is 6.54 Å². The predicted molar refractivity (Wildman–Crippen MR) is 78.7 cm³/mol. The number of amidine groups is 1. The molecule has 6 heteroatoms. The van der Waals surface area contributed by atoms with Gasteiger partial charge in [-0.05, 0) is 63.1 Å². The van der Waals surface area contributed by atoms with Crippen molar-refractivity contribution in [2.24, 2.45) is 16.8 Å². The Morgan fingerprint density at radius 3 is 3.00 bits per heavy atom. The summed E-state index contributed by atoms with van der Waals surface area (Å²) < 4.78 is 0. The van der Waals surface area contributed by atoms with Crippen LogP contribution in [0.15, 0.2) is 23.5 Å². The molecule has 0 spiro atoms. The van der Waals surface area contributed by atoms with Gasteiger partial charge in [0.05, 0.1) is 0 Å². The van der Waals surface area contributed by atoms with Crippen molar-refractivity contribution in [3.05, 3.63) is 29.6 Å². The number of likely N-dealkylation sites (tertiary alicyclic amines) is 1. The number of piperidine rings is 1. The molecule has 20 heavy (non-hydrogen) atoms. The first-order valence-corrected chi connectivity index (χ1v) is 7.01. The summed E-state index contributed by atoms with van der Waals surface area (Å²) in [4.78, 5) is 6.44. The SMILES string of the molecule is CN1CCC(CNCc2ccnc(C(N)=NO)c2)CC1. The fourth-order valence-corrected chi connectivity index (χ4v) is 2.46. The standard InChI is InChI=1S/C14H23N5O/c1-19-6-3-11(4-7-19)9-16-10-12-2-5-17-13(8-12)14(15)18-20/h2,5,8,11,16,20H,3-4,6-7,9-10H2,1H3,(H2,15,18). The van der Waals surface area contributed by atoms with E-state index < -0.39 is 0 Å². The molecule has 0 saturated carbocycles. The summed E-state index contributed by atoms with van der Waals surface area (Å²) in [6.07, 6.45) is 4.20. The van der Waals surface area contributed by atoms with Crippen molar-refractivity contribution in [1.29, 1.82) is 0 Å². The summed E-state index contributed by atoms with van der Waals surface area (Å²) in [7, 11) is 2.18. The summed E-state index contributed by atoms with van der Waals surface area (Å²) >= 11 is 0. The number of hydrogen-bond acceptors (Lipinski definition) is 5. The summed E-state index contributed by atoms with van der Waals surface area (Å²) in [5.74, 6) is 0.804. The van der Waals surface area contributed by atoms with Crippen LogP contribution >= 0.6 is 0 Å². The van der Waals surface area contributed by atoms with Crippen molar-refractivity contribution >= 4 is 5.84 Å². The molecule has 1 aliphatic heterocycles. The zero-order valence-electron chi connectivity index (χ0n) is 11.9. The van der Waals surface area contributed by atoms with E-state index in [1.165, 1.54) is 25.9 Å². The molecule has 6 nitrogen and oxygen atoms in total. The minimum Gasteiger partial charge on any atom is -0.409 e. The van der Waals surface area contributed by atoms with Gasteiger partial charge >= 0.3 is 0 Å². The van der Waals surface area contributed by atoms with E-state index in [4.69, 9.17) is 10.9 Å². The van der Waals surface area contributed by atoms with Crippen LogP contribution in [0.5, 0.6) is 0 Å². The van der Waals surface area contributed by atoms with Crippen molar-refractivity contribution < 1.29 is 5.21 Å². The van der Waals surface area contributed by atoms with Crippen LogP contribution in [0.2, 0.25) is 0 Å². The van der Waals surface area contributed by atoms with Gasteiger partial charge in [-0.2, -0.15) is 0 Å².